The largest absolute Gasteiger partial charge is 0.444 e. The average molecular weight is 407 g/mol. The van der Waals surface area contributed by atoms with E-state index in [0.717, 1.165) is 49.8 Å². The second kappa shape index (κ2) is 11.8. The number of hydrogen-bond donors (Lipinski definition) is 2. The molecular weight excluding hydrogens is 376 g/mol. The summed E-state index contributed by atoms with van der Waals surface area (Å²) in [6.45, 7) is 4.86. The Morgan fingerprint density at radius 1 is 1.03 bits per heavy atom. The van der Waals surface area contributed by atoms with Crippen molar-refractivity contribution in [2.75, 3.05) is 26.8 Å². The van der Waals surface area contributed by atoms with Crippen molar-refractivity contribution in [3.63, 3.8) is 0 Å². The zero-order valence-corrected chi connectivity index (χ0v) is 17.7. The molecule has 0 atom stereocenters. The maximum absolute atomic E-state index is 5.71. The molecule has 0 spiro atoms. The highest BCUT2D eigenvalue weighted by atomic mass is 16.5. The molecule has 0 bridgehead atoms. The van der Waals surface area contributed by atoms with Gasteiger partial charge in [-0.3, -0.25) is 4.99 Å². The monoisotopic (exact) mass is 406 g/mol. The summed E-state index contributed by atoms with van der Waals surface area (Å²) >= 11 is 0. The zero-order chi connectivity index (χ0) is 21.0. The number of guanidine groups is 1. The van der Waals surface area contributed by atoms with Gasteiger partial charge in [-0.25, -0.2) is 4.98 Å². The summed E-state index contributed by atoms with van der Waals surface area (Å²) in [4.78, 5) is 8.79. The predicted octanol–water partition coefficient (Wildman–Crippen LogP) is 3.96. The zero-order valence-electron chi connectivity index (χ0n) is 17.7. The summed E-state index contributed by atoms with van der Waals surface area (Å²) in [7, 11) is 1.76. The van der Waals surface area contributed by atoms with Gasteiger partial charge in [0.25, 0.3) is 0 Å². The lowest BCUT2D eigenvalue weighted by atomic mass is 10.1. The molecule has 3 rings (SSSR count). The molecule has 3 aromatic rings. The molecule has 0 saturated heterocycles. The van der Waals surface area contributed by atoms with Gasteiger partial charge in [0.05, 0.1) is 18.8 Å². The Labute approximate surface area is 178 Å². The van der Waals surface area contributed by atoms with E-state index >= 15 is 0 Å². The molecule has 30 heavy (non-hydrogen) atoms. The molecule has 0 aliphatic carbocycles. The summed E-state index contributed by atoms with van der Waals surface area (Å²) < 4.78 is 11.3. The molecular formula is C24H30N4O2. The number of nitrogens with one attached hydrogen (secondary N) is 2. The topological polar surface area (TPSA) is 71.7 Å². The minimum Gasteiger partial charge on any atom is -0.444 e. The first-order chi connectivity index (χ1) is 14.7. The van der Waals surface area contributed by atoms with Crippen LogP contribution < -0.4 is 10.6 Å². The smallest absolute Gasteiger partial charge is 0.226 e. The van der Waals surface area contributed by atoms with Crippen molar-refractivity contribution in [3.8, 4) is 11.5 Å². The van der Waals surface area contributed by atoms with E-state index in [1.807, 2.05) is 18.2 Å². The molecule has 0 fully saturated rings. The third-order valence-corrected chi connectivity index (χ3v) is 4.65. The predicted molar refractivity (Wildman–Crippen MR) is 120 cm³/mol. The van der Waals surface area contributed by atoms with Crippen LogP contribution in [0.2, 0.25) is 0 Å². The summed E-state index contributed by atoms with van der Waals surface area (Å²) in [5, 5.41) is 6.55. The minimum atomic E-state index is 0.544. The Bertz CT molecular complexity index is 904. The molecule has 6 heteroatoms. The molecule has 158 valence electrons. The van der Waals surface area contributed by atoms with Crippen molar-refractivity contribution in [2.45, 2.75) is 26.3 Å². The van der Waals surface area contributed by atoms with Crippen molar-refractivity contribution in [1.82, 2.24) is 15.6 Å². The van der Waals surface area contributed by atoms with E-state index in [-0.39, 0.29) is 0 Å². The van der Waals surface area contributed by atoms with Gasteiger partial charge in [0, 0.05) is 25.8 Å². The summed E-state index contributed by atoms with van der Waals surface area (Å²) in [6, 6.07) is 18.5. The Morgan fingerprint density at radius 2 is 1.83 bits per heavy atom. The highest BCUT2D eigenvalue weighted by molar-refractivity contribution is 5.79. The van der Waals surface area contributed by atoms with Crippen molar-refractivity contribution < 1.29 is 9.15 Å². The second-order valence-electron chi connectivity index (χ2n) is 7.06. The molecule has 1 heterocycles. The number of rotatable bonds is 10. The lowest BCUT2D eigenvalue weighted by Crippen LogP contribution is -2.37. The van der Waals surface area contributed by atoms with Crippen molar-refractivity contribution in [2.24, 2.45) is 4.99 Å². The highest BCUT2D eigenvalue weighted by Crippen LogP contribution is 2.18. The first kappa shape index (κ1) is 21.6. The number of benzene rings is 2. The Morgan fingerprint density at radius 3 is 2.60 bits per heavy atom. The molecule has 0 radical (unpaired) electrons. The molecule has 0 unspecified atom stereocenters. The molecule has 0 aliphatic heterocycles. The van der Waals surface area contributed by atoms with Gasteiger partial charge >= 0.3 is 0 Å². The van der Waals surface area contributed by atoms with Gasteiger partial charge in [0.15, 0.2) is 5.96 Å². The van der Waals surface area contributed by atoms with Crippen molar-refractivity contribution >= 4 is 5.96 Å². The fourth-order valence-corrected chi connectivity index (χ4v) is 2.93. The van der Waals surface area contributed by atoms with Gasteiger partial charge in [-0.1, -0.05) is 48.0 Å². The number of hydrogen-bond acceptors (Lipinski definition) is 4. The Kier molecular flexibility index (Phi) is 8.47. The number of aryl methyl sites for hydroxylation is 1. The van der Waals surface area contributed by atoms with Crippen LogP contribution in [-0.4, -0.2) is 37.7 Å². The van der Waals surface area contributed by atoms with Gasteiger partial charge in [-0.2, -0.15) is 0 Å². The lowest BCUT2D eigenvalue weighted by Gasteiger charge is -2.11. The number of nitrogens with zero attached hydrogens (tertiary/aromatic N) is 2. The highest BCUT2D eigenvalue weighted by Gasteiger charge is 2.07. The van der Waals surface area contributed by atoms with Crippen molar-refractivity contribution in [3.05, 3.63) is 77.7 Å². The van der Waals surface area contributed by atoms with Crippen molar-refractivity contribution in [1.29, 1.82) is 0 Å². The molecule has 2 aromatic carbocycles. The molecule has 2 N–H and O–H groups in total. The molecule has 0 saturated carbocycles. The summed E-state index contributed by atoms with van der Waals surface area (Å²) in [5.41, 5.74) is 4.32. The third-order valence-electron chi connectivity index (χ3n) is 4.65. The SMILES string of the molecule is CN=C(NCCCOCCc1ccccc1)NCc1coc(-c2ccc(C)cc2)n1. The summed E-state index contributed by atoms with van der Waals surface area (Å²) in [5.74, 6) is 1.36. The Balaban J connectivity index is 1.31. The number of aromatic nitrogens is 1. The Hall–Kier alpha value is -3.12. The number of ether oxygens (including phenoxy) is 1. The van der Waals surface area contributed by atoms with Gasteiger partial charge in [-0.05, 0) is 37.5 Å². The van der Waals surface area contributed by atoms with Crippen LogP contribution in [0, 0.1) is 6.92 Å². The molecule has 0 aliphatic rings. The molecule has 6 nitrogen and oxygen atoms in total. The second-order valence-corrected chi connectivity index (χ2v) is 7.06. The van der Waals surface area contributed by atoms with Crippen LogP contribution in [0.4, 0.5) is 0 Å². The molecule has 0 amide bonds. The number of aliphatic imine (C=N–C) groups is 1. The quantitative estimate of drug-likeness (QED) is 0.303. The van der Waals surface area contributed by atoms with Crippen LogP contribution in [-0.2, 0) is 17.7 Å². The lowest BCUT2D eigenvalue weighted by molar-refractivity contribution is 0.135. The maximum Gasteiger partial charge on any atom is 0.226 e. The van der Waals surface area contributed by atoms with Crippen LogP contribution in [0.5, 0.6) is 0 Å². The minimum absolute atomic E-state index is 0.544. The molecule has 1 aromatic heterocycles. The van der Waals surface area contributed by atoms with E-state index in [4.69, 9.17) is 9.15 Å². The fourth-order valence-electron chi connectivity index (χ4n) is 2.93. The van der Waals surface area contributed by atoms with E-state index in [9.17, 15) is 0 Å². The first-order valence-corrected chi connectivity index (χ1v) is 10.3. The first-order valence-electron chi connectivity index (χ1n) is 10.3. The van der Waals surface area contributed by atoms with E-state index in [1.165, 1.54) is 11.1 Å². The standard InChI is InChI=1S/C24H30N4O2/c1-19-9-11-21(12-10-19)23-28-22(18-30-23)17-27-24(25-2)26-14-6-15-29-16-13-20-7-4-3-5-8-20/h3-5,7-12,18H,6,13-17H2,1-2H3,(H2,25,26,27). The van der Waals surface area contributed by atoms with Gasteiger partial charge in [0.1, 0.15) is 6.26 Å². The van der Waals surface area contributed by atoms with E-state index in [1.54, 1.807) is 13.3 Å². The van der Waals surface area contributed by atoms with Crippen LogP contribution in [0.3, 0.4) is 0 Å². The average Bonchev–Trinajstić information content (AvgIpc) is 3.25. The van der Waals surface area contributed by atoms with E-state index < -0.39 is 0 Å². The third kappa shape index (κ3) is 7.04. The van der Waals surface area contributed by atoms with Crippen LogP contribution >= 0.6 is 0 Å². The van der Waals surface area contributed by atoms with Crippen LogP contribution in [0.15, 0.2) is 70.3 Å². The number of oxazole rings is 1. The normalized spacial score (nSPS) is 11.5. The van der Waals surface area contributed by atoms with Crippen LogP contribution in [0.25, 0.3) is 11.5 Å². The van der Waals surface area contributed by atoms with Gasteiger partial charge in [-0.15, -0.1) is 0 Å². The van der Waals surface area contributed by atoms with Gasteiger partial charge < -0.3 is 19.8 Å². The maximum atomic E-state index is 5.71. The van der Waals surface area contributed by atoms with Crippen LogP contribution in [0.1, 0.15) is 23.2 Å². The van der Waals surface area contributed by atoms with Gasteiger partial charge in [0.2, 0.25) is 5.89 Å². The summed E-state index contributed by atoms with van der Waals surface area (Å²) in [6.07, 6.45) is 3.53. The fraction of sp³-hybridized carbons (Fsp3) is 0.333. The van der Waals surface area contributed by atoms with E-state index in [2.05, 4.69) is 63.9 Å². The van der Waals surface area contributed by atoms with E-state index in [0.29, 0.717) is 12.4 Å².